The molecule has 0 aliphatic carbocycles. The van der Waals surface area contributed by atoms with E-state index in [0.29, 0.717) is 17.1 Å². The average Bonchev–Trinajstić information content (AvgIpc) is 2.15. The standard InChI is InChI=1S/C10H12ClNO/c1-2-7-12-10(13)8-3-5-9(11)6-4-8/h3-6H,2,7H2,1H3,(H,12,13). The lowest BCUT2D eigenvalue weighted by Gasteiger charge is -2.02. The Morgan fingerprint density at radius 1 is 1.38 bits per heavy atom. The highest BCUT2D eigenvalue weighted by Crippen LogP contribution is 2.09. The number of carbonyl (C=O) groups excluding carboxylic acids is 1. The molecule has 0 saturated heterocycles. The van der Waals surface area contributed by atoms with Gasteiger partial charge in [-0.3, -0.25) is 4.79 Å². The molecule has 0 atom stereocenters. The Morgan fingerprint density at radius 3 is 2.54 bits per heavy atom. The van der Waals surface area contributed by atoms with Gasteiger partial charge in [0.2, 0.25) is 0 Å². The summed E-state index contributed by atoms with van der Waals surface area (Å²) in [4.78, 5) is 11.4. The van der Waals surface area contributed by atoms with E-state index in [1.54, 1.807) is 24.3 Å². The number of rotatable bonds is 3. The summed E-state index contributed by atoms with van der Waals surface area (Å²) >= 11 is 5.69. The van der Waals surface area contributed by atoms with Crippen LogP contribution < -0.4 is 5.32 Å². The normalized spacial score (nSPS) is 9.69. The van der Waals surface area contributed by atoms with Gasteiger partial charge in [0.1, 0.15) is 0 Å². The third-order valence-corrected chi connectivity index (χ3v) is 1.89. The average molecular weight is 198 g/mol. The minimum absolute atomic E-state index is 0.0430. The van der Waals surface area contributed by atoms with Crippen LogP contribution in [0.5, 0.6) is 0 Å². The van der Waals surface area contributed by atoms with Gasteiger partial charge in [-0.15, -0.1) is 0 Å². The molecule has 1 N–H and O–H groups in total. The van der Waals surface area contributed by atoms with Gasteiger partial charge < -0.3 is 5.32 Å². The molecule has 0 aromatic heterocycles. The fourth-order valence-electron chi connectivity index (χ4n) is 0.942. The maximum atomic E-state index is 11.4. The number of hydrogen-bond acceptors (Lipinski definition) is 1. The minimum atomic E-state index is -0.0430. The van der Waals surface area contributed by atoms with Crippen LogP contribution in [0.2, 0.25) is 5.02 Å². The zero-order chi connectivity index (χ0) is 9.68. The van der Waals surface area contributed by atoms with Gasteiger partial charge in [-0.25, -0.2) is 0 Å². The molecule has 1 aromatic carbocycles. The molecule has 0 bridgehead atoms. The zero-order valence-corrected chi connectivity index (χ0v) is 8.27. The van der Waals surface area contributed by atoms with E-state index in [-0.39, 0.29) is 5.91 Å². The second kappa shape index (κ2) is 4.87. The predicted octanol–water partition coefficient (Wildman–Crippen LogP) is 2.48. The molecule has 0 unspecified atom stereocenters. The third-order valence-electron chi connectivity index (χ3n) is 1.64. The second-order valence-electron chi connectivity index (χ2n) is 2.76. The number of carbonyl (C=O) groups is 1. The van der Waals surface area contributed by atoms with Crippen molar-refractivity contribution in [2.24, 2.45) is 0 Å². The molecular weight excluding hydrogens is 186 g/mol. The van der Waals surface area contributed by atoms with E-state index in [1.165, 1.54) is 0 Å². The van der Waals surface area contributed by atoms with Gasteiger partial charge in [-0.1, -0.05) is 18.5 Å². The number of nitrogens with one attached hydrogen (secondary N) is 1. The Kier molecular flexibility index (Phi) is 3.77. The fourth-order valence-corrected chi connectivity index (χ4v) is 1.07. The Balaban J connectivity index is 2.61. The summed E-state index contributed by atoms with van der Waals surface area (Å²) in [7, 11) is 0. The monoisotopic (exact) mass is 197 g/mol. The lowest BCUT2D eigenvalue weighted by molar-refractivity contribution is 0.0953. The van der Waals surface area contributed by atoms with E-state index in [1.807, 2.05) is 6.92 Å². The topological polar surface area (TPSA) is 29.1 Å². The lowest BCUT2D eigenvalue weighted by atomic mass is 10.2. The van der Waals surface area contributed by atoms with Crippen LogP contribution in [0.3, 0.4) is 0 Å². The first kappa shape index (κ1) is 10.1. The highest BCUT2D eigenvalue weighted by Gasteiger charge is 2.02. The van der Waals surface area contributed by atoms with Crippen molar-refractivity contribution in [3.05, 3.63) is 34.9 Å². The summed E-state index contributed by atoms with van der Waals surface area (Å²) in [5.74, 6) is -0.0430. The fraction of sp³-hybridized carbons (Fsp3) is 0.300. The zero-order valence-electron chi connectivity index (χ0n) is 7.51. The van der Waals surface area contributed by atoms with E-state index >= 15 is 0 Å². The van der Waals surface area contributed by atoms with Crippen LogP contribution in [0.1, 0.15) is 23.7 Å². The molecule has 13 heavy (non-hydrogen) atoms. The van der Waals surface area contributed by atoms with Crippen molar-refractivity contribution in [3.63, 3.8) is 0 Å². The highest BCUT2D eigenvalue weighted by atomic mass is 35.5. The van der Waals surface area contributed by atoms with Gasteiger partial charge >= 0.3 is 0 Å². The van der Waals surface area contributed by atoms with E-state index in [9.17, 15) is 4.79 Å². The van der Waals surface area contributed by atoms with Crippen LogP contribution in [-0.4, -0.2) is 12.5 Å². The predicted molar refractivity (Wildman–Crippen MR) is 54.1 cm³/mol. The SMILES string of the molecule is CCCNC(=O)c1ccc(Cl)cc1. The van der Waals surface area contributed by atoms with Crippen molar-refractivity contribution in [3.8, 4) is 0 Å². The Labute approximate surface area is 82.9 Å². The van der Waals surface area contributed by atoms with Gasteiger partial charge in [-0.2, -0.15) is 0 Å². The molecule has 0 fully saturated rings. The molecule has 0 radical (unpaired) electrons. The van der Waals surface area contributed by atoms with Crippen LogP contribution >= 0.6 is 11.6 Å². The molecule has 1 aromatic rings. The van der Waals surface area contributed by atoms with Crippen molar-refractivity contribution >= 4 is 17.5 Å². The molecule has 70 valence electrons. The van der Waals surface area contributed by atoms with Gasteiger partial charge in [0.15, 0.2) is 0 Å². The first-order chi connectivity index (χ1) is 6.24. The quantitative estimate of drug-likeness (QED) is 0.793. The molecule has 1 amide bonds. The highest BCUT2D eigenvalue weighted by molar-refractivity contribution is 6.30. The first-order valence-electron chi connectivity index (χ1n) is 4.28. The van der Waals surface area contributed by atoms with E-state index in [0.717, 1.165) is 6.42 Å². The number of benzene rings is 1. The van der Waals surface area contributed by atoms with Crippen LogP contribution in [0, 0.1) is 0 Å². The number of halogens is 1. The van der Waals surface area contributed by atoms with Crippen molar-refractivity contribution in [1.82, 2.24) is 5.32 Å². The van der Waals surface area contributed by atoms with E-state index in [4.69, 9.17) is 11.6 Å². The molecule has 0 heterocycles. The van der Waals surface area contributed by atoms with E-state index in [2.05, 4.69) is 5.32 Å². The molecular formula is C10H12ClNO. The number of amides is 1. The van der Waals surface area contributed by atoms with Crippen molar-refractivity contribution in [2.45, 2.75) is 13.3 Å². The third kappa shape index (κ3) is 3.07. The maximum absolute atomic E-state index is 11.4. The molecule has 0 spiro atoms. The minimum Gasteiger partial charge on any atom is -0.352 e. The van der Waals surface area contributed by atoms with Gasteiger partial charge in [-0.05, 0) is 30.7 Å². The molecule has 0 aliphatic rings. The summed E-state index contributed by atoms with van der Waals surface area (Å²) < 4.78 is 0. The maximum Gasteiger partial charge on any atom is 0.251 e. The van der Waals surface area contributed by atoms with Crippen molar-refractivity contribution < 1.29 is 4.79 Å². The Hall–Kier alpha value is -1.02. The molecule has 0 saturated carbocycles. The van der Waals surface area contributed by atoms with Gasteiger partial charge in [0.25, 0.3) is 5.91 Å². The molecule has 3 heteroatoms. The van der Waals surface area contributed by atoms with Crippen LogP contribution in [0.25, 0.3) is 0 Å². The summed E-state index contributed by atoms with van der Waals surface area (Å²) in [5, 5.41) is 3.43. The molecule has 0 aliphatic heterocycles. The summed E-state index contributed by atoms with van der Waals surface area (Å²) in [6.45, 7) is 2.73. The number of hydrogen-bond donors (Lipinski definition) is 1. The van der Waals surface area contributed by atoms with Crippen molar-refractivity contribution in [1.29, 1.82) is 0 Å². The first-order valence-corrected chi connectivity index (χ1v) is 4.65. The van der Waals surface area contributed by atoms with Crippen LogP contribution in [-0.2, 0) is 0 Å². The second-order valence-corrected chi connectivity index (χ2v) is 3.20. The Bertz CT molecular complexity index is 281. The summed E-state index contributed by atoms with van der Waals surface area (Å²) in [5.41, 5.74) is 0.651. The van der Waals surface area contributed by atoms with Gasteiger partial charge in [0.05, 0.1) is 0 Å². The smallest absolute Gasteiger partial charge is 0.251 e. The lowest BCUT2D eigenvalue weighted by Crippen LogP contribution is -2.23. The van der Waals surface area contributed by atoms with Crippen LogP contribution in [0.4, 0.5) is 0 Å². The summed E-state index contributed by atoms with van der Waals surface area (Å²) in [6, 6.07) is 6.85. The van der Waals surface area contributed by atoms with Crippen LogP contribution in [0.15, 0.2) is 24.3 Å². The largest absolute Gasteiger partial charge is 0.352 e. The Morgan fingerprint density at radius 2 is 2.00 bits per heavy atom. The molecule has 2 nitrogen and oxygen atoms in total. The van der Waals surface area contributed by atoms with E-state index < -0.39 is 0 Å². The van der Waals surface area contributed by atoms with Gasteiger partial charge in [0, 0.05) is 17.1 Å². The summed E-state index contributed by atoms with van der Waals surface area (Å²) in [6.07, 6.45) is 0.944. The van der Waals surface area contributed by atoms with Crippen molar-refractivity contribution in [2.75, 3.05) is 6.54 Å². The molecule has 1 rings (SSSR count).